The van der Waals surface area contributed by atoms with Crippen molar-refractivity contribution in [2.24, 2.45) is 10.7 Å². The lowest BCUT2D eigenvalue weighted by Crippen LogP contribution is -2.23. The van der Waals surface area contributed by atoms with E-state index < -0.39 is 0 Å². The van der Waals surface area contributed by atoms with E-state index in [4.69, 9.17) is 15.2 Å². The van der Waals surface area contributed by atoms with E-state index in [1.54, 1.807) is 0 Å². The van der Waals surface area contributed by atoms with Crippen molar-refractivity contribution in [3.05, 3.63) is 30.3 Å². The molecule has 0 radical (unpaired) electrons. The van der Waals surface area contributed by atoms with Crippen LogP contribution in [0.5, 0.6) is 0 Å². The molecule has 1 aliphatic heterocycles. The van der Waals surface area contributed by atoms with Gasteiger partial charge in [-0.1, -0.05) is 18.2 Å². The van der Waals surface area contributed by atoms with Gasteiger partial charge >= 0.3 is 0 Å². The Labute approximate surface area is 113 Å². The summed E-state index contributed by atoms with van der Waals surface area (Å²) in [6, 6.07) is 9.73. The first-order chi connectivity index (χ1) is 9.34. The number of anilines is 1. The third kappa shape index (κ3) is 5.28. The third-order valence-corrected chi connectivity index (χ3v) is 2.89. The zero-order valence-corrected chi connectivity index (χ0v) is 11.0. The average Bonchev–Trinajstić information content (AvgIpc) is 2.92. The second kappa shape index (κ2) is 7.76. The molecule has 1 heterocycles. The molecule has 0 amide bonds. The molecule has 0 saturated carbocycles. The number of nitrogens with zero attached hydrogens (tertiary/aromatic N) is 1. The molecule has 0 aromatic heterocycles. The molecule has 5 heteroatoms. The van der Waals surface area contributed by atoms with Crippen LogP contribution in [0.25, 0.3) is 0 Å². The van der Waals surface area contributed by atoms with Gasteiger partial charge < -0.3 is 20.5 Å². The first-order valence-corrected chi connectivity index (χ1v) is 6.66. The van der Waals surface area contributed by atoms with Crippen molar-refractivity contribution in [1.82, 2.24) is 0 Å². The number of benzene rings is 1. The lowest BCUT2D eigenvalue weighted by Gasteiger charge is -2.09. The molecule has 1 saturated heterocycles. The van der Waals surface area contributed by atoms with Crippen LogP contribution in [-0.2, 0) is 9.47 Å². The molecule has 0 spiro atoms. The van der Waals surface area contributed by atoms with Crippen LogP contribution in [0.2, 0.25) is 0 Å². The summed E-state index contributed by atoms with van der Waals surface area (Å²) >= 11 is 0. The van der Waals surface area contributed by atoms with Crippen LogP contribution in [0.1, 0.15) is 12.8 Å². The number of hydrogen-bond acceptors (Lipinski definition) is 3. The minimum absolute atomic E-state index is 0.267. The van der Waals surface area contributed by atoms with Gasteiger partial charge in [0.15, 0.2) is 5.96 Å². The summed E-state index contributed by atoms with van der Waals surface area (Å²) in [4.78, 5) is 4.20. The van der Waals surface area contributed by atoms with Gasteiger partial charge in [0.1, 0.15) is 0 Å². The Hall–Kier alpha value is -1.59. The van der Waals surface area contributed by atoms with Crippen LogP contribution in [0.15, 0.2) is 35.3 Å². The molecule has 3 N–H and O–H groups in total. The summed E-state index contributed by atoms with van der Waals surface area (Å²) in [6.07, 6.45) is 2.50. The van der Waals surface area contributed by atoms with E-state index in [2.05, 4.69) is 10.3 Å². The number of aliphatic imine (C=N–C) groups is 1. The number of hydrogen-bond donors (Lipinski definition) is 2. The van der Waals surface area contributed by atoms with E-state index in [9.17, 15) is 0 Å². The lowest BCUT2D eigenvalue weighted by molar-refractivity contribution is 0.0200. The van der Waals surface area contributed by atoms with Crippen molar-refractivity contribution in [2.45, 2.75) is 18.9 Å². The number of nitrogens with one attached hydrogen (secondary N) is 1. The van der Waals surface area contributed by atoms with Crippen molar-refractivity contribution in [3.63, 3.8) is 0 Å². The maximum atomic E-state index is 5.77. The van der Waals surface area contributed by atoms with Crippen molar-refractivity contribution in [3.8, 4) is 0 Å². The number of nitrogens with two attached hydrogens (primary N) is 1. The molecule has 5 nitrogen and oxygen atoms in total. The minimum Gasteiger partial charge on any atom is -0.377 e. The van der Waals surface area contributed by atoms with E-state index in [1.165, 1.54) is 0 Å². The topological polar surface area (TPSA) is 68.9 Å². The maximum Gasteiger partial charge on any atom is 0.193 e. The SMILES string of the molecule is NC(=NCCOCC1CCCO1)Nc1ccccc1. The summed E-state index contributed by atoms with van der Waals surface area (Å²) in [7, 11) is 0. The van der Waals surface area contributed by atoms with Gasteiger partial charge in [-0.15, -0.1) is 0 Å². The van der Waals surface area contributed by atoms with E-state index in [1.807, 2.05) is 30.3 Å². The van der Waals surface area contributed by atoms with E-state index in [-0.39, 0.29) is 6.10 Å². The minimum atomic E-state index is 0.267. The van der Waals surface area contributed by atoms with E-state index >= 15 is 0 Å². The van der Waals surface area contributed by atoms with Gasteiger partial charge in [-0.2, -0.15) is 0 Å². The number of guanidine groups is 1. The fourth-order valence-corrected chi connectivity index (χ4v) is 1.93. The maximum absolute atomic E-state index is 5.77. The van der Waals surface area contributed by atoms with Gasteiger partial charge in [-0.3, -0.25) is 4.99 Å². The second-order valence-corrected chi connectivity index (χ2v) is 4.47. The molecular formula is C14H21N3O2. The highest BCUT2D eigenvalue weighted by molar-refractivity contribution is 5.92. The molecular weight excluding hydrogens is 242 g/mol. The number of rotatable bonds is 6. The van der Waals surface area contributed by atoms with Crippen LogP contribution < -0.4 is 11.1 Å². The Morgan fingerprint density at radius 3 is 3.00 bits per heavy atom. The highest BCUT2D eigenvalue weighted by Gasteiger charge is 2.14. The normalized spacial score (nSPS) is 19.6. The van der Waals surface area contributed by atoms with Crippen molar-refractivity contribution in [2.75, 3.05) is 31.7 Å². The Morgan fingerprint density at radius 2 is 2.26 bits per heavy atom. The highest BCUT2D eigenvalue weighted by atomic mass is 16.5. The molecule has 0 bridgehead atoms. The smallest absolute Gasteiger partial charge is 0.193 e. The second-order valence-electron chi connectivity index (χ2n) is 4.47. The zero-order chi connectivity index (χ0) is 13.3. The van der Waals surface area contributed by atoms with E-state index in [0.29, 0.717) is 25.7 Å². The predicted molar refractivity (Wildman–Crippen MR) is 76.3 cm³/mol. The van der Waals surface area contributed by atoms with Gasteiger partial charge in [0.05, 0.1) is 25.9 Å². The van der Waals surface area contributed by atoms with Gasteiger partial charge in [0.25, 0.3) is 0 Å². The van der Waals surface area contributed by atoms with E-state index in [0.717, 1.165) is 25.1 Å². The monoisotopic (exact) mass is 263 g/mol. The van der Waals surface area contributed by atoms with Crippen molar-refractivity contribution >= 4 is 11.6 Å². The Morgan fingerprint density at radius 1 is 1.42 bits per heavy atom. The first kappa shape index (κ1) is 13.8. The molecule has 1 fully saturated rings. The molecule has 1 aromatic rings. The van der Waals surface area contributed by atoms with Gasteiger partial charge in [-0.25, -0.2) is 0 Å². The van der Waals surface area contributed by atoms with Crippen LogP contribution in [0, 0.1) is 0 Å². The summed E-state index contributed by atoms with van der Waals surface area (Å²) in [5, 5.41) is 3.02. The Balaban J connectivity index is 1.59. The summed E-state index contributed by atoms with van der Waals surface area (Å²) < 4.78 is 11.0. The average molecular weight is 263 g/mol. The zero-order valence-electron chi connectivity index (χ0n) is 11.0. The molecule has 1 unspecified atom stereocenters. The molecule has 104 valence electrons. The van der Waals surface area contributed by atoms with Gasteiger partial charge in [-0.05, 0) is 25.0 Å². The van der Waals surface area contributed by atoms with Crippen LogP contribution in [0.3, 0.4) is 0 Å². The van der Waals surface area contributed by atoms with Crippen molar-refractivity contribution < 1.29 is 9.47 Å². The van der Waals surface area contributed by atoms with Gasteiger partial charge in [0.2, 0.25) is 0 Å². The number of ether oxygens (including phenoxy) is 2. The fourth-order valence-electron chi connectivity index (χ4n) is 1.93. The molecule has 0 aliphatic carbocycles. The molecule has 1 aromatic carbocycles. The predicted octanol–water partition coefficient (Wildman–Crippen LogP) is 1.61. The number of para-hydroxylation sites is 1. The molecule has 1 atom stereocenters. The standard InChI is InChI=1S/C14H21N3O2/c15-14(17-12-5-2-1-3-6-12)16-8-10-18-11-13-7-4-9-19-13/h1-3,5-6,13H,4,7-11H2,(H3,15,16,17). The quantitative estimate of drug-likeness (QED) is 0.465. The summed E-state index contributed by atoms with van der Waals surface area (Å²) in [5.74, 6) is 0.409. The molecule has 19 heavy (non-hydrogen) atoms. The Kier molecular flexibility index (Phi) is 5.65. The molecule has 1 aliphatic rings. The summed E-state index contributed by atoms with van der Waals surface area (Å²) in [5.41, 5.74) is 6.70. The highest BCUT2D eigenvalue weighted by Crippen LogP contribution is 2.11. The fraction of sp³-hybridized carbons (Fsp3) is 0.500. The molecule has 2 rings (SSSR count). The summed E-state index contributed by atoms with van der Waals surface area (Å²) in [6.45, 7) is 2.64. The van der Waals surface area contributed by atoms with Gasteiger partial charge in [0, 0.05) is 12.3 Å². The van der Waals surface area contributed by atoms with Crippen LogP contribution >= 0.6 is 0 Å². The van der Waals surface area contributed by atoms with Crippen molar-refractivity contribution in [1.29, 1.82) is 0 Å². The third-order valence-electron chi connectivity index (χ3n) is 2.89. The van der Waals surface area contributed by atoms with Crippen LogP contribution in [-0.4, -0.2) is 38.4 Å². The Bertz CT molecular complexity index is 389. The van der Waals surface area contributed by atoms with Crippen LogP contribution in [0.4, 0.5) is 5.69 Å². The largest absolute Gasteiger partial charge is 0.377 e. The lowest BCUT2D eigenvalue weighted by atomic mass is 10.2. The first-order valence-electron chi connectivity index (χ1n) is 6.66.